The van der Waals surface area contributed by atoms with Crippen LogP contribution < -0.4 is 0 Å². The first-order valence-electron chi connectivity index (χ1n) is 10.5. The monoisotopic (exact) mass is 454 g/mol. The number of alkyl halides is 3. The first kappa shape index (κ1) is 21.2. The van der Waals surface area contributed by atoms with E-state index in [2.05, 4.69) is 20.2 Å². The molecule has 1 aliphatic rings. The van der Waals surface area contributed by atoms with Crippen molar-refractivity contribution in [2.75, 3.05) is 6.54 Å². The van der Waals surface area contributed by atoms with Gasteiger partial charge in [-0.25, -0.2) is 4.98 Å². The number of carbonyl (C=O) groups excluding carboxylic acids is 1. The van der Waals surface area contributed by atoms with Gasteiger partial charge in [0.15, 0.2) is 0 Å². The first-order chi connectivity index (χ1) is 15.7. The Morgan fingerprint density at radius 3 is 2.61 bits per heavy atom. The summed E-state index contributed by atoms with van der Waals surface area (Å²) >= 11 is 0. The smallest absolute Gasteiger partial charge is 0.340 e. The molecule has 170 valence electrons. The number of nitrogens with one attached hydrogen (secondary N) is 1. The van der Waals surface area contributed by atoms with Crippen molar-refractivity contribution in [3.63, 3.8) is 0 Å². The van der Waals surface area contributed by atoms with E-state index in [1.54, 1.807) is 23.4 Å². The van der Waals surface area contributed by atoms with Crippen molar-refractivity contribution in [1.29, 1.82) is 0 Å². The summed E-state index contributed by atoms with van der Waals surface area (Å²) in [6.45, 7) is 4.31. The molecule has 1 amide bonds. The van der Waals surface area contributed by atoms with Gasteiger partial charge in [-0.1, -0.05) is 6.07 Å². The predicted molar refractivity (Wildman–Crippen MR) is 115 cm³/mol. The van der Waals surface area contributed by atoms with Crippen LogP contribution in [0.2, 0.25) is 0 Å². The van der Waals surface area contributed by atoms with Gasteiger partial charge in [-0.05, 0) is 62.6 Å². The first-order valence-corrected chi connectivity index (χ1v) is 10.5. The van der Waals surface area contributed by atoms with Crippen molar-refractivity contribution in [3.8, 4) is 5.69 Å². The van der Waals surface area contributed by atoms with Crippen molar-refractivity contribution >= 4 is 16.9 Å². The fourth-order valence-electron chi connectivity index (χ4n) is 4.45. The number of aromatic amines is 1. The minimum atomic E-state index is -4.45. The quantitative estimate of drug-likeness (QED) is 0.490. The standard InChI is InChI=1S/C23H21F3N6O/c1-14-4-6-16(19(12-14)32-27-9-10-28-32)20(33)31-11-3-8-22(31,2)21-29-17-7-5-15(23(24,25)26)13-18(17)30-21/h4-7,9-10,12-13H,3,8,11H2,1-2H3,(H,29,30). The summed E-state index contributed by atoms with van der Waals surface area (Å²) in [4.78, 5) is 24.5. The Kier molecular flexibility index (Phi) is 4.77. The van der Waals surface area contributed by atoms with Gasteiger partial charge < -0.3 is 9.88 Å². The predicted octanol–water partition coefficient (Wildman–Crippen LogP) is 4.62. The second-order valence-corrected chi connectivity index (χ2v) is 8.49. The van der Waals surface area contributed by atoms with Gasteiger partial charge in [0.2, 0.25) is 0 Å². The lowest BCUT2D eigenvalue weighted by Gasteiger charge is -2.34. The van der Waals surface area contributed by atoms with E-state index in [1.165, 1.54) is 10.9 Å². The Hall–Kier alpha value is -3.69. The summed E-state index contributed by atoms with van der Waals surface area (Å²) < 4.78 is 39.4. The molecule has 0 bridgehead atoms. The maximum absolute atomic E-state index is 13.7. The van der Waals surface area contributed by atoms with E-state index in [0.29, 0.717) is 35.6 Å². The van der Waals surface area contributed by atoms with Crippen LogP contribution in [0.25, 0.3) is 16.7 Å². The van der Waals surface area contributed by atoms with Crippen LogP contribution in [0.15, 0.2) is 48.8 Å². The Bertz CT molecular complexity index is 1340. The van der Waals surface area contributed by atoms with Crippen molar-refractivity contribution in [2.24, 2.45) is 0 Å². The molecule has 7 nitrogen and oxygen atoms in total. The van der Waals surface area contributed by atoms with Crippen LogP contribution in [0.1, 0.15) is 47.1 Å². The van der Waals surface area contributed by atoms with E-state index in [4.69, 9.17) is 0 Å². The van der Waals surface area contributed by atoms with Crippen LogP contribution >= 0.6 is 0 Å². The number of hydrogen-bond acceptors (Lipinski definition) is 4. The van der Waals surface area contributed by atoms with Gasteiger partial charge in [0.1, 0.15) is 5.82 Å². The van der Waals surface area contributed by atoms with Gasteiger partial charge in [0, 0.05) is 6.54 Å². The molecule has 2 aromatic heterocycles. The number of aryl methyl sites for hydroxylation is 1. The van der Waals surface area contributed by atoms with Crippen LogP contribution in [0.4, 0.5) is 13.2 Å². The molecule has 4 aromatic rings. The highest BCUT2D eigenvalue weighted by atomic mass is 19.4. The number of aromatic nitrogens is 5. The largest absolute Gasteiger partial charge is 0.416 e. The molecule has 0 spiro atoms. The molecule has 1 fully saturated rings. The summed E-state index contributed by atoms with van der Waals surface area (Å²) in [6.07, 6.45) is 0.00941. The Morgan fingerprint density at radius 1 is 1.12 bits per heavy atom. The third-order valence-electron chi connectivity index (χ3n) is 6.22. The number of halogens is 3. The lowest BCUT2D eigenvalue weighted by atomic mass is 9.96. The number of amides is 1. The van der Waals surface area contributed by atoms with E-state index in [9.17, 15) is 18.0 Å². The molecule has 1 unspecified atom stereocenters. The average Bonchev–Trinajstić information content (AvgIpc) is 3.51. The van der Waals surface area contributed by atoms with E-state index >= 15 is 0 Å². The number of carbonyl (C=O) groups is 1. The molecule has 1 aliphatic heterocycles. The number of likely N-dealkylation sites (tertiary alicyclic amines) is 1. The minimum absolute atomic E-state index is 0.210. The molecular weight excluding hydrogens is 433 g/mol. The Labute approximate surface area is 187 Å². The van der Waals surface area contributed by atoms with Crippen molar-refractivity contribution < 1.29 is 18.0 Å². The fraction of sp³-hybridized carbons (Fsp3) is 0.304. The second-order valence-electron chi connectivity index (χ2n) is 8.49. The maximum Gasteiger partial charge on any atom is 0.416 e. The molecule has 3 heterocycles. The lowest BCUT2D eigenvalue weighted by molar-refractivity contribution is -0.137. The number of nitrogens with zero attached hydrogens (tertiary/aromatic N) is 5. The fourth-order valence-corrected chi connectivity index (χ4v) is 4.45. The van der Waals surface area contributed by atoms with Crippen LogP contribution in [0, 0.1) is 6.92 Å². The molecule has 1 atom stereocenters. The number of imidazole rings is 1. The van der Waals surface area contributed by atoms with Gasteiger partial charge in [-0.3, -0.25) is 4.79 Å². The van der Waals surface area contributed by atoms with Gasteiger partial charge >= 0.3 is 6.18 Å². The molecule has 0 radical (unpaired) electrons. The Morgan fingerprint density at radius 2 is 1.88 bits per heavy atom. The zero-order valence-corrected chi connectivity index (χ0v) is 18.0. The topological polar surface area (TPSA) is 79.7 Å². The average molecular weight is 454 g/mol. The number of H-pyrrole nitrogens is 1. The normalized spacial score (nSPS) is 18.9. The number of fused-ring (bicyclic) bond motifs is 1. The molecule has 0 saturated carbocycles. The number of hydrogen-bond donors (Lipinski definition) is 1. The van der Waals surface area contributed by atoms with Gasteiger partial charge in [-0.2, -0.15) is 28.2 Å². The number of benzene rings is 2. The third kappa shape index (κ3) is 3.55. The van der Waals surface area contributed by atoms with E-state index < -0.39 is 17.3 Å². The van der Waals surface area contributed by atoms with Gasteiger partial charge in [0.05, 0.1) is 45.8 Å². The van der Waals surface area contributed by atoms with Crippen molar-refractivity contribution in [3.05, 3.63) is 71.3 Å². The highest BCUT2D eigenvalue weighted by Gasteiger charge is 2.44. The third-order valence-corrected chi connectivity index (χ3v) is 6.22. The van der Waals surface area contributed by atoms with Crippen LogP contribution in [0.3, 0.4) is 0 Å². The summed E-state index contributed by atoms with van der Waals surface area (Å²) in [6, 6.07) is 8.89. The van der Waals surface area contributed by atoms with Crippen molar-refractivity contribution in [2.45, 2.75) is 38.4 Å². The molecular formula is C23H21F3N6O. The minimum Gasteiger partial charge on any atom is -0.340 e. The summed E-state index contributed by atoms with van der Waals surface area (Å²) in [5.41, 5.74) is 1.13. The summed E-state index contributed by atoms with van der Waals surface area (Å²) in [5, 5.41) is 8.35. The van der Waals surface area contributed by atoms with Gasteiger partial charge in [-0.15, -0.1) is 0 Å². The van der Waals surface area contributed by atoms with Crippen molar-refractivity contribution in [1.82, 2.24) is 29.9 Å². The highest BCUT2D eigenvalue weighted by molar-refractivity contribution is 5.98. The maximum atomic E-state index is 13.7. The molecule has 33 heavy (non-hydrogen) atoms. The molecule has 1 saturated heterocycles. The Balaban J connectivity index is 1.55. The second kappa shape index (κ2) is 7.43. The van der Waals surface area contributed by atoms with E-state index in [-0.39, 0.29) is 11.4 Å². The number of rotatable bonds is 3. The molecule has 1 N–H and O–H groups in total. The SMILES string of the molecule is Cc1ccc(C(=O)N2CCCC2(C)c2nc3cc(C(F)(F)F)ccc3[nH]2)c(-n2nccn2)c1. The highest BCUT2D eigenvalue weighted by Crippen LogP contribution is 2.40. The summed E-state index contributed by atoms with van der Waals surface area (Å²) in [5.74, 6) is 0.257. The van der Waals surface area contributed by atoms with Crippen LogP contribution in [0.5, 0.6) is 0 Å². The zero-order valence-electron chi connectivity index (χ0n) is 18.0. The molecule has 5 rings (SSSR count). The van der Waals surface area contributed by atoms with Crippen LogP contribution in [-0.2, 0) is 11.7 Å². The van der Waals surface area contributed by atoms with Crippen LogP contribution in [-0.4, -0.2) is 42.3 Å². The van der Waals surface area contributed by atoms with E-state index in [1.807, 2.05) is 26.0 Å². The molecule has 0 aliphatic carbocycles. The molecule has 10 heteroatoms. The lowest BCUT2D eigenvalue weighted by Crippen LogP contribution is -2.44. The summed E-state index contributed by atoms with van der Waals surface area (Å²) in [7, 11) is 0. The van der Waals surface area contributed by atoms with E-state index in [0.717, 1.165) is 24.1 Å². The zero-order chi connectivity index (χ0) is 23.4. The molecule has 2 aromatic carbocycles. The van der Waals surface area contributed by atoms with Gasteiger partial charge in [0.25, 0.3) is 5.91 Å².